The van der Waals surface area contributed by atoms with E-state index in [1.165, 1.54) is 22.2 Å². The third-order valence-corrected chi connectivity index (χ3v) is 4.29. The Hall–Kier alpha value is -1.64. The molecule has 3 heterocycles. The highest BCUT2D eigenvalue weighted by atomic mass is 16.5. The van der Waals surface area contributed by atoms with E-state index in [0.717, 1.165) is 25.1 Å². The van der Waals surface area contributed by atoms with Gasteiger partial charge in [0.25, 0.3) is 0 Å². The molecule has 112 valence electrons. The Morgan fingerprint density at radius 3 is 2.90 bits per heavy atom. The molecule has 1 aromatic heterocycles. The smallest absolute Gasteiger partial charge is 0.119 e. The molecule has 7 heteroatoms. The van der Waals surface area contributed by atoms with Crippen molar-refractivity contribution in [1.82, 2.24) is 32.2 Å². The van der Waals surface area contributed by atoms with E-state index in [2.05, 4.69) is 44.4 Å². The lowest BCUT2D eigenvalue weighted by atomic mass is 9.96. The fourth-order valence-corrected chi connectivity index (χ4v) is 3.25. The number of aromatic nitrogens is 1. The van der Waals surface area contributed by atoms with Crippen molar-refractivity contribution in [3.8, 4) is 5.75 Å². The van der Waals surface area contributed by atoms with Crippen molar-refractivity contribution in [2.75, 3.05) is 13.7 Å². The summed E-state index contributed by atoms with van der Waals surface area (Å²) in [6, 6.07) is 6.53. The first-order valence-electron chi connectivity index (χ1n) is 7.28. The van der Waals surface area contributed by atoms with Crippen molar-refractivity contribution in [3.05, 3.63) is 29.5 Å². The van der Waals surface area contributed by atoms with Gasteiger partial charge in [-0.05, 0) is 43.1 Å². The zero-order valence-corrected chi connectivity index (χ0v) is 11.9. The van der Waals surface area contributed by atoms with Crippen LogP contribution in [0.2, 0.25) is 0 Å². The molecule has 1 fully saturated rings. The molecular formula is C14H20N6O. The van der Waals surface area contributed by atoms with Gasteiger partial charge < -0.3 is 15.0 Å². The molecule has 1 saturated heterocycles. The Morgan fingerprint density at radius 1 is 1.24 bits per heavy atom. The van der Waals surface area contributed by atoms with E-state index in [1.807, 2.05) is 6.07 Å². The number of methoxy groups -OCH3 is 1. The maximum atomic E-state index is 5.35. The van der Waals surface area contributed by atoms with Gasteiger partial charge in [0.2, 0.25) is 0 Å². The number of nitrogens with one attached hydrogen (secondary N) is 6. The van der Waals surface area contributed by atoms with Crippen LogP contribution in [-0.2, 0) is 6.42 Å². The van der Waals surface area contributed by atoms with E-state index >= 15 is 0 Å². The SMILES string of the molecule is COc1ccc2[nH]c3c(c2c1)CCNC3CC1NNNN1. The minimum absolute atomic E-state index is 0.189. The first-order valence-corrected chi connectivity index (χ1v) is 7.28. The zero-order valence-electron chi connectivity index (χ0n) is 11.9. The molecule has 1 unspecified atom stereocenters. The van der Waals surface area contributed by atoms with Crippen LogP contribution in [0.3, 0.4) is 0 Å². The number of H-pyrrole nitrogens is 1. The summed E-state index contributed by atoms with van der Waals surface area (Å²) in [5.41, 5.74) is 15.9. The summed E-state index contributed by atoms with van der Waals surface area (Å²) in [4.78, 5) is 3.58. The number of hydrazine groups is 3. The average molecular weight is 288 g/mol. The van der Waals surface area contributed by atoms with Gasteiger partial charge in [0.15, 0.2) is 0 Å². The lowest BCUT2D eigenvalue weighted by Crippen LogP contribution is -2.40. The zero-order chi connectivity index (χ0) is 14.2. The van der Waals surface area contributed by atoms with Gasteiger partial charge >= 0.3 is 0 Å². The maximum Gasteiger partial charge on any atom is 0.119 e. The number of benzene rings is 1. The van der Waals surface area contributed by atoms with Gasteiger partial charge in [-0.25, -0.2) is 10.9 Å². The average Bonchev–Trinajstić information content (AvgIpc) is 3.14. The van der Waals surface area contributed by atoms with E-state index in [-0.39, 0.29) is 6.17 Å². The molecule has 2 aromatic rings. The summed E-state index contributed by atoms with van der Waals surface area (Å²) in [6.45, 7) is 0.995. The lowest BCUT2D eigenvalue weighted by Gasteiger charge is -2.26. The van der Waals surface area contributed by atoms with Gasteiger partial charge in [0.1, 0.15) is 5.75 Å². The summed E-state index contributed by atoms with van der Waals surface area (Å²) in [6.07, 6.45) is 2.17. The molecule has 2 aliphatic heterocycles. The molecule has 0 radical (unpaired) electrons. The van der Waals surface area contributed by atoms with Crippen molar-refractivity contribution in [1.29, 1.82) is 0 Å². The second-order valence-electron chi connectivity index (χ2n) is 5.51. The van der Waals surface area contributed by atoms with Crippen LogP contribution in [0.5, 0.6) is 5.75 Å². The quantitative estimate of drug-likeness (QED) is 0.484. The first-order chi connectivity index (χ1) is 10.3. The fraction of sp³-hybridized carbons (Fsp3) is 0.429. The largest absolute Gasteiger partial charge is 0.497 e. The Morgan fingerprint density at radius 2 is 2.10 bits per heavy atom. The van der Waals surface area contributed by atoms with Crippen molar-refractivity contribution in [2.45, 2.75) is 25.0 Å². The monoisotopic (exact) mass is 288 g/mol. The van der Waals surface area contributed by atoms with Gasteiger partial charge in [-0.2, -0.15) is 11.1 Å². The van der Waals surface area contributed by atoms with Crippen LogP contribution in [0, 0.1) is 0 Å². The van der Waals surface area contributed by atoms with Crippen LogP contribution in [0.25, 0.3) is 10.9 Å². The van der Waals surface area contributed by atoms with E-state index in [0.29, 0.717) is 6.04 Å². The van der Waals surface area contributed by atoms with Crippen molar-refractivity contribution in [2.24, 2.45) is 0 Å². The molecule has 0 saturated carbocycles. The number of hydrogen-bond acceptors (Lipinski definition) is 6. The molecule has 0 spiro atoms. The minimum atomic E-state index is 0.189. The van der Waals surface area contributed by atoms with Gasteiger partial charge in [0, 0.05) is 16.6 Å². The summed E-state index contributed by atoms with van der Waals surface area (Å²) in [7, 11) is 1.71. The van der Waals surface area contributed by atoms with E-state index in [9.17, 15) is 0 Å². The maximum absolute atomic E-state index is 5.35. The van der Waals surface area contributed by atoms with Crippen LogP contribution < -0.4 is 32.0 Å². The molecule has 6 N–H and O–H groups in total. The summed E-state index contributed by atoms with van der Waals surface area (Å²) in [5, 5.41) is 4.87. The van der Waals surface area contributed by atoms with E-state index in [4.69, 9.17) is 4.74 Å². The van der Waals surface area contributed by atoms with Crippen molar-refractivity contribution in [3.63, 3.8) is 0 Å². The van der Waals surface area contributed by atoms with E-state index in [1.54, 1.807) is 7.11 Å². The summed E-state index contributed by atoms with van der Waals surface area (Å²) in [5.74, 6) is 0.909. The van der Waals surface area contributed by atoms with Gasteiger partial charge in [-0.1, -0.05) is 0 Å². The molecule has 0 bridgehead atoms. The topological polar surface area (TPSA) is 85.2 Å². The van der Waals surface area contributed by atoms with Crippen LogP contribution in [-0.4, -0.2) is 24.8 Å². The number of ether oxygens (including phenoxy) is 1. The number of rotatable bonds is 3. The molecule has 7 nitrogen and oxygen atoms in total. The Bertz CT molecular complexity index is 648. The predicted molar refractivity (Wildman–Crippen MR) is 80.2 cm³/mol. The van der Waals surface area contributed by atoms with Gasteiger partial charge in [-0.3, -0.25) is 0 Å². The molecule has 1 atom stereocenters. The predicted octanol–water partition coefficient (Wildman–Crippen LogP) is 0.197. The highest BCUT2D eigenvalue weighted by Crippen LogP contribution is 2.33. The number of hydrogen-bond donors (Lipinski definition) is 6. The van der Waals surface area contributed by atoms with Crippen LogP contribution in [0.4, 0.5) is 0 Å². The van der Waals surface area contributed by atoms with Crippen LogP contribution >= 0.6 is 0 Å². The van der Waals surface area contributed by atoms with Gasteiger partial charge in [0.05, 0.1) is 19.3 Å². The Balaban J connectivity index is 1.70. The highest BCUT2D eigenvalue weighted by molar-refractivity contribution is 5.86. The molecular weight excluding hydrogens is 268 g/mol. The molecule has 0 amide bonds. The Kier molecular flexibility index (Phi) is 3.28. The second kappa shape index (κ2) is 5.28. The molecule has 2 aliphatic rings. The standard InChI is InChI=1S/C14H20N6O/c1-21-8-2-3-11-10(6-8)9-4-5-15-12(14(9)16-11)7-13-17-19-20-18-13/h2-3,6,12-13,15-20H,4-5,7H2,1H3. The molecule has 21 heavy (non-hydrogen) atoms. The first kappa shape index (κ1) is 13.1. The van der Waals surface area contributed by atoms with E-state index < -0.39 is 0 Å². The van der Waals surface area contributed by atoms with Crippen LogP contribution in [0.15, 0.2) is 18.2 Å². The fourth-order valence-electron chi connectivity index (χ4n) is 3.25. The van der Waals surface area contributed by atoms with Gasteiger partial charge in [-0.15, -0.1) is 0 Å². The molecule has 4 rings (SSSR count). The van der Waals surface area contributed by atoms with Crippen molar-refractivity contribution >= 4 is 10.9 Å². The van der Waals surface area contributed by atoms with Crippen molar-refractivity contribution < 1.29 is 4.74 Å². The minimum Gasteiger partial charge on any atom is -0.497 e. The molecule has 0 aliphatic carbocycles. The Labute approximate surface area is 122 Å². The summed E-state index contributed by atoms with van der Waals surface area (Å²) < 4.78 is 5.35. The highest BCUT2D eigenvalue weighted by Gasteiger charge is 2.27. The lowest BCUT2D eigenvalue weighted by molar-refractivity contribution is 0.381. The number of aromatic amines is 1. The third-order valence-electron chi connectivity index (χ3n) is 4.29. The van der Waals surface area contributed by atoms with Crippen LogP contribution in [0.1, 0.15) is 23.7 Å². The second-order valence-corrected chi connectivity index (χ2v) is 5.51. The third kappa shape index (κ3) is 2.29. The molecule has 1 aromatic carbocycles. The normalized spacial score (nSPS) is 22.6. The number of fused-ring (bicyclic) bond motifs is 3. The summed E-state index contributed by atoms with van der Waals surface area (Å²) >= 11 is 0.